The van der Waals surface area contributed by atoms with Gasteiger partial charge in [0.1, 0.15) is 40.6 Å². The molecule has 0 saturated heterocycles. The molecular weight excluding hydrogens is 1170 g/mol. The Morgan fingerprint density at radius 1 is 0.478 bits per heavy atom. The molecule has 17 rings (SSSR count). The van der Waals surface area contributed by atoms with E-state index in [0.717, 1.165) is 109 Å². The summed E-state index contributed by atoms with van der Waals surface area (Å²) in [7, 11) is 3.48. The van der Waals surface area contributed by atoms with Gasteiger partial charge in [0.15, 0.2) is 15.5 Å². The zero-order chi connectivity index (χ0) is 62.9. The lowest BCUT2D eigenvalue weighted by Crippen LogP contribution is -2.38. The van der Waals surface area contributed by atoms with Gasteiger partial charge in [0, 0.05) is 49.4 Å². The van der Waals surface area contributed by atoms with Gasteiger partial charge in [-0.1, -0.05) is 180 Å². The smallest absolute Gasteiger partial charge is 0.178 e. The SMILES string of the molecule is CCC1(CC)CCC2(CC1)c1ccccc1-c1c2c2c(c3cc4c(cc13)OC(C)(C)S4)OC(c1ccc(OC)cc1)C(c1ccc(C3(c4ccc(OC)cc4)C=Cc4c5c(c6cc7c(cc6c4O3)SC(C)(C)O7)-c3ccccc3C53CCC(CC)(CC)CC3)cc1)=C2. The summed E-state index contributed by atoms with van der Waals surface area (Å²) in [5.41, 5.74) is 18.1. The highest BCUT2D eigenvalue weighted by molar-refractivity contribution is 8.01. The Morgan fingerprint density at radius 2 is 0.935 bits per heavy atom. The zero-order valence-corrected chi connectivity index (χ0v) is 56.6. The van der Waals surface area contributed by atoms with Crippen molar-refractivity contribution < 1.29 is 28.4 Å². The molecule has 0 aromatic heterocycles. The Labute approximate surface area is 551 Å². The topological polar surface area (TPSA) is 55.4 Å². The molecule has 8 heteroatoms. The molecule has 0 N–H and O–H groups in total. The number of rotatable bonds is 10. The van der Waals surface area contributed by atoms with Crippen LogP contribution >= 0.6 is 23.5 Å². The van der Waals surface area contributed by atoms with Crippen molar-refractivity contribution in [1.29, 1.82) is 0 Å². The first-order chi connectivity index (χ1) is 44.5. The fourth-order valence-corrected chi connectivity index (χ4v) is 20.7. The van der Waals surface area contributed by atoms with Crippen molar-refractivity contribution >= 4 is 62.8 Å². The summed E-state index contributed by atoms with van der Waals surface area (Å²) in [6.45, 7) is 18.4. The van der Waals surface area contributed by atoms with Crippen LogP contribution in [-0.4, -0.2) is 24.1 Å². The van der Waals surface area contributed by atoms with E-state index in [9.17, 15) is 0 Å². The van der Waals surface area contributed by atoms with E-state index in [1.807, 2.05) is 0 Å². The molecule has 0 bridgehead atoms. The highest BCUT2D eigenvalue weighted by atomic mass is 32.2. The van der Waals surface area contributed by atoms with Crippen molar-refractivity contribution in [3.63, 3.8) is 0 Å². The molecule has 9 aromatic carbocycles. The second-order valence-electron chi connectivity index (χ2n) is 28.9. The van der Waals surface area contributed by atoms with E-state index in [1.165, 1.54) is 118 Å². The van der Waals surface area contributed by atoms with Crippen LogP contribution in [0, 0.1) is 10.8 Å². The molecule has 466 valence electrons. The lowest BCUT2D eigenvalue weighted by Gasteiger charge is -2.47. The van der Waals surface area contributed by atoms with Gasteiger partial charge in [0.25, 0.3) is 0 Å². The van der Waals surface area contributed by atoms with Gasteiger partial charge >= 0.3 is 0 Å². The summed E-state index contributed by atoms with van der Waals surface area (Å²) in [6.07, 6.45) is 20.8. The highest BCUT2D eigenvalue weighted by Gasteiger charge is 2.54. The summed E-state index contributed by atoms with van der Waals surface area (Å²) in [6, 6.07) is 54.5. The highest BCUT2D eigenvalue weighted by Crippen LogP contribution is 2.68. The summed E-state index contributed by atoms with van der Waals surface area (Å²) in [5, 5.41) is 4.64. The van der Waals surface area contributed by atoms with Crippen LogP contribution in [0.3, 0.4) is 0 Å². The van der Waals surface area contributed by atoms with Crippen LogP contribution in [-0.2, 0) is 16.4 Å². The number of ether oxygens (including phenoxy) is 6. The maximum Gasteiger partial charge on any atom is 0.178 e. The van der Waals surface area contributed by atoms with Gasteiger partial charge in [0.2, 0.25) is 0 Å². The maximum absolute atomic E-state index is 8.20. The van der Waals surface area contributed by atoms with E-state index >= 15 is 0 Å². The monoisotopic (exact) mass is 1250 g/mol. The Kier molecular flexibility index (Phi) is 13.1. The van der Waals surface area contributed by atoms with Crippen LogP contribution < -0.4 is 28.4 Å². The van der Waals surface area contributed by atoms with Crippen LogP contribution in [0.25, 0.3) is 61.5 Å². The van der Waals surface area contributed by atoms with E-state index in [1.54, 1.807) is 37.7 Å². The van der Waals surface area contributed by atoms with Crippen molar-refractivity contribution in [3.05, 3.63) is 207 Å². The van der Waals surface area contributed by atoms with Crippen LogP contribution in [0.15, 0.2) is 161 Å². The average molecular weight is 1250 g/mol. The molecule has 4 aliphatic heterocycles. The molecule has 6 nitrogen and oxygen atoms in total. The summed E-state index contributed by atoms with van der Waals surface area (Å²) in [5.74, 6) is 5.38. The molecule has 9 aromatic rings. The molecule has 8 aliphatic rings. The van der Waals surface area contributed by atoms with Crippen LogP contribution in [0.4, 0.5) is 0 Å². The van der Waals surface area contributed by atoms with E-state index in [2.05, 4.69) is 219 Å². The number of hydrogen-bond donors (Lipinski definition) is 0. The molecule has 2 atom stereocenters. The zero-order valence-electron chi connectivity index (χ0n) is 54.9. The number of fused-ring (bicyclic) bond motifs is 22. The molecule has 0 radical (unpaired) electrons. The van der Waals surface area contributed by atoms with E-state index in [-0.39, 0.29) is 10.8 Å². The summed E-state index contributed by atoms with van der Waals surface area (Å²) in [4.78, 5) is 1.49. The maximum atomic E-state index is 8.20. The van der Waals surface area contributed by atoms with Crippen molar-refractivity contribution in [2.24, 2.45) is 10.8 Å². The quantitative estimate of drug-likeness (QED) is 0.134. The van der Waals surface area contributed by atoms with Crippen LogP contribution in [0.2, 0.25) is 0 Å². The Balaban J connectivity index is 0.874. The largest absolute Gasteiger partial charge is 0.497 e. The van der Waals surface area contributed by atoms with Crippen LogP contribution in [0.5, 0.6) is 34.5 Å². The van der Waals surface area contributed by atoms with Crippen molar-refractivity contribution in [2.75, 3.05) is 14.2 Å². The lowest BCUT2D eigenvalue weighted by molar-refractivity contribution is 0.132. The molecule has 4 heterocycles. The van der Waals surface area contributed by atoms with Gasteiger partial charge in [-0.15, -0.1) is 0 Å². The minimum absolute atomic E-state index is 0.165. The Morgan fingerprint density at radius 3 is 1.42 bits per heavy atom. The van der Waals surface area contributed by atoms with Gasteiger partial charge in [-0.3, -0.25) is 0 Å². The number of methoxy groups -OCH3 is 2. The Hall–Kier alpha value is -7.52. The third-order valence-electron chi connectivity index (χ3n) is 24.0. The molecule has 0 amide bonds. The minimum atomic E-state index is -1.04. The van der Waals surface area contributed by atoms with E-state index in [4.69, 9.17) is 28.4 Å². The molecule has 2 spiro atoms. The molecule has 2 unspecified atom stereocenters. The van der Waals surface area contributed by atoms with Gasteiger partial charge < -0.3 is 28.4 Å². The lowest BCUT2D eigenvalue weighted by atomic mass is 9.58. The molecular formula is C84H82O6S2. The van der Waals surface area contributed by atoms with Gasteiger partial charge in [-0.05, 0) is 217 Å². The molecule has 2 saturated carbocycles. The van der Waals surface area contributed by atoms with E-state index in [0.29, 0.717) is 10.8 Å². The Bertz CT molecular complexity index is 4600. The average Bonchev–Trinajstić information content (AvgIpc) is 1.49. The first-order valence-electron chi connectivity index (χ1n) is 34.0. The third-order valence-corrected chi connectivity index (χ3v) is 26.2. The third kappa shape index (κ3) is 8.39. The first-order valence-corrected chi connectivity index (χ1v) is 35.7. The van der Waals surface area contributed by atoms with Crippen molar-refractivity contribution in [1.82, 2.24) is 0 Å². The van der Waals surface area contributed by atoms with Gasteiger partial charge in [-0.2, -0.15) is 0 Å². The molecule has 92 heavy (non-hydrogen) atoms. The molecule has 4 aliphatic carbocycles. The number of benzene rings is 9. The van der Waals surface area contributed by atoms with Gasteiger partial charge in [0.05, 0.1) is 24.0 Å². The van der Waals surface area contributed by atoms with Crippen LogP contribution in [0.1, 0.15) is 194 Å². The molecule has 2 fully saturated rings. The number of hydrogen-bond acceptors (Lipinski definition) is 8. The summed E-state index contributed by atoms with van der Waals surface area (Å²) >= 11 is 3.58. The fraction of sp³-hybridized carbons (Fsp3) is 0.357. The second kappa shape index (κ2) is 20.7. The normalized spacial score (nSPS) is 21.9. The van der Waals surface area contributed by atoms with Crippen molar-refractivity contribution in [3.8, 4) is 56.8 Å². The van der Waals surface area contributed by atoms with Gasteiger partial charge in [-0.25, -0.2) is 0 Å². The fourth-order valence-electron chi connectivity index (χ4n) is 18.6. The number of thioether (sulfide) groups is 2. The first kappa shape index (κ1) is 58.3. The van der Waals surface area contributed by atoms with E-state index < -0.39 is 21.6 Å². The second-order valence-corrected chi connectivity index (χ2v) is 32.2. The predicted molar refractivity (Wildman–Crippen MR) is 379 cm³/mol. The minimum Gasteiger partial charge on any atom is -0.497 e. The van der Waals surface area contributed by atoms with Crippen molar-refractivity contribution in [2.45, 2.75) is 175 Å². The standard InChI is InChI=1S/C84H82O6S2/c1-11-80(12-2)37-41-82(42-38-80)65-21-17-15-19-56(65)71-61-47-68-70(92-79(7,8)89-68)49-63(61)77-58(73(71)82)35-36-84(90-77,53-29-33-55(86-10)34-30-53)52-27-23-50(24-28-52)59-45-64-74-72(57-20-16-18-22-66(57)83(74)43-39-81(13-3,14-4)40-44-83)60-46-67-69(91-78(5,6)88-67)48-62(60)76(64)87-75(59)51-25-31-54(85-9)32-26-51/h15-36,45-49,75H,11-14,37-44H2,1-10H3. The predicted octanol–water partition coefficient (Wildman–Crippen LogP) is 22.8. The summed E-state index contributed by atoms with van der Waals surface area (Å²) < 4.78 is 41.4.